The first kappa shape index (κ1) is 127. The van der Waals surface area contributed by atoms with E-state index < -0.39 is 0 Å². The second kappa shape index (κ2) is 94.9. The topological polar surface area (TPSA) is 603 Å². The summed E-state index contributed by atoms with van der Waals surface area (Å²) in [6, 6.07) is 0. The normalized spacial score (nSPS) is 10.9. The van der Waals surface area contributed by atoms with Gasteiger partial charge in [-0.2, -0.15) is 0 Å². The molecule has 8 rings (SSSR count). The summed E-state index contributed by atoms with van der Waals surface area (Å²) in [7, 11) is 5.90. The molecule has 0 spiro atoms. The minimum atomic E-state index is -0.125. The number of nitrogens with one attached hydrogen (secondary N) is 2. The third-order valence-corrected chi connectivity index (χ3v) is 16.3. The molecule has 0 aromatic carbocycles. The van der Waals surface area contributed by atoms with E-state index in [1.165, 1.54) is 0 Å². The Balaban J connectivity index is 0.00000163. The van der Waals surface area contributed by atoms with Gasteiger partial charge >= 0.3 is 0 Å². The quantitative estimate of drug-likeness (QED) is 0.0183. The minimum Gasteiger partial charge on any atom is -0.394 e. The lowest BCUT2D eigenvalue weighted by Crippen LogP contribution is -2.23. The number of aromatic nitrogens is 24. The van der Waals surface area contributed by atoms with Gasteiger partial charge in [0.1, 0.15) is 0 Å². The van der Waals surface area contributed by atoms with Crippen molar-refractivity contribution in [2.75, 3.05) is 272 Å². The predicted molar refractivity (Wildman–Crippen MR) is 495 cm³/mol. The number of aliphatic hydroxyl groups excluding tert-OH is 8. The largest absolute Gasteiger partial charge is 0.394 e. The van der Waals surface area contributed by atoms with Crippen molar-refractivity contribution in [1.82, 2.24) is 140 Å². The summed E-state index contributed by atoms with van der Waals surface area (Å²) in [6.45, 7) is 39.6. The van der Waals surface area contributed by atoms with Crippen molar-refractivity contribution in [3.63, 3.8) is 0 Å². The number of rotatable bonds is 76. The molecule has 135 heavy (non-hydrogen) atoms. The summed E-state index contributed by atoms with van der Waals surface area (Å²) in [5.41, 5.74) is 12.5. The third kappa shape index (κ3) is 75.7. The smallest absolute Gasteiger partial charge is 0.0967 e. The lowest BCUT2D eigenvalue weighted by molar-refractivity contribution is 0.00627. The van der Waals surface area contributed by atoms with E-state index in [2.05, 4.69) is 124 Å². The van der Waals surface area contributed by atoms with E-state index in [9.17, 15) is 0 Å². The van der Waals surface area contributed by atoms with E-state index in [1.54, 1.807) is 28.1 Å². The first-order chi connectivity index (χ1) is 65.7. The molecule has 0 amide bonds. The van der Waals surface area contributed by atoms with Crippen molar-refractivity contribution in [3.05, 3.63) is 95.1 Å². The van der Waals surface area contributed by atoms with Crippen LogP contribution in [0.15, 0.2) is 49.6 Å². The molecule has 0 radical (unpaired) electrons. The van der Waals surface area contributed by atoms with Gasteiger partial charge in [-0.1, -0.05) is 69.9 Å². The number of nitrogens with two attached hydrogens (primary N) is 1. The van der Waals surface area contributed by atoms with Gasteiger partial charge in [0.25, 0.3) is 0 Å². The summed E-state index contributed by atoms with van der Waals surface area (Å²) in [5, 5.41) is 135. The summed E-state index contributed by atoms with van der Waals surface area (Å²) >= 11 is 0. The van der Waals surface area contributed by atoms with E-state index in [-0.39, 0.29) is 60.3 Å². The van der Waals surface area contributed by atoms with Gasteiger partial charge in [0.2, 0.25) is 0 Å². The van der Waals surface area contributed by atoms with Gasteiger partial charge in [-0.05, 0) is 61.2 Å². The molecule has 12 N–H and O–H groups in total. The average Bonchev–Trinajstić information content (AvgIpc) is 1.67. The van der Waals surface area contributed by atoms with Crippen LogP contribution < -0.4 is 16.4 Å². The Morgan fingerprint density at radius 1 is 0.259 bits per heavy atom. The summed E-state index contributed by atoms with van der Waals surface area (Å²) in [6.07, 6.45) is 18.5. The van der Waals surface area contributed by atoms with Crippen molar-refractivity contribution >= 4 is 0 Å². The Morgan fingerprint density at radius 2 is 0.459 bits per heavy atom. The molecule has 0 aliphatic carbocycles. The molecule has 8 heterocycles. The Morgan fingerprint density at radius 3 is 0.681 bits per heavy atom. The molecule has 0 unspecified atom stereocenters. The molecular formula is C83H165N29O23. The number of nitrogens with zero attached hydrogens (tertiary/aromatic N) is 26. The van der Waals surface area contributed by atoms with Crippen LogP contribution in [-0.2, 0) is 176 Å². The fraction of sp³-hybridized carbons (Fsp3) is 0.807. The number of aliphatic hydroxyl groups is 8. The SMILES string of the molecule is C.CCCOCCOCCOCCn1cc(CN(C)C)nn1.CCCOCCOCCOCCn1cc(CN)nn1.CCCOCCOCCOCCn1cc(CNC)nn1.CCn1cc(CN(Cc2cn(CC)nn2)Cc2cn(CCOCCOCCOCCO)nn2)nn1.CCn1cc(CNCc2cn(CCOCCOCCOCCO)nn2)nn1.OCCO.OCCO.OCCO. The van der Waals surface area contributed by atoms with E-state index in [0.717, 1.165) is 117 Å². The van der Waals surface area contributed by atoms with Gasteiger partial charge < -0.3 is 133 Å². The van der Waals surface area contributed by atoms with Crippen LogP contribution in [0.1, 0.15) is 114 Å². The van der Waals surface area contributed by atoms with Crippen LogP contribution in [0.3, 0.4) is 0 Å². The molecule has 0 bridgehead atoms. The highest BCUT2D eigenvalue weighted by molar-refractivity contribution is 5.01. The van der Waals surface area contributed by atoms with Crippen LogP contribution in [0.5, 0.6) is 0 Å². The van der Waals surface area contributed by atoms with Gasteiger partial charge in [-0.3, -0.25) is 18.9 Å². The minimum absolute atomic E-state index is 0. The van der Waals surface area contributed by atoms with Crippen molar-refractivity contribution in [2.24, 2.45) is 5.73 Å². The molecule has 8 aromatic heterocycles. The van der Waals surface area contributed by atoms with E-state index >= 15 is 0 Å². The molecule has 0 aliphatic heterocycles. The molecule has 0 saturated carbocycles. The van der Waals surface area contributed by atoms with E-state index in [4.69, 9.17) is 118 Å². The molecule has 52 nitrogen and oxygen atoms in total. The predicted octanol–water partition coefficient (Wildman–Crippen LogP) is -2.03. The maximum atomic E-state index is 8.63. The molecule has 52 heteroatoms. The second-order valence-electron chi connectivity index (χ2n) is 28.3. The first-order valence-electron chi connectivity index (χ1n) is 45.8. The van der Waals surface area contributed by atoms with Gasteiger partial charge in [-0.15, -0.1) is 40.8 Å². The Kier molecular flexibility index (Phi) is 89.3. The maximum Gasteiger partial charge on any atom is 0.0967 e. The third-order valence-electron chi connectivity index (χ3n) is 16.3. The van der Waals surface area contributed by atoms with Crippen LogP contribution in [0.25, 0.3) is 0 Å². The van der Waals surface area contributed by atoms with Crippen molar-refractivity contribution < 1.29 is 112 Å². The lowest BCUT2D eigenvalue weighted by atomic mass is 10.3. The molecular weight excluding hydrogens is 1770 g/mol. The van der Waals surface area contributed by atoms with Gasteiger partial charge in [-0.25, -0.2) is 23.4 Å². The van der Waals surface area contributed by atoms with Crippen molar-refractivity contribution in [3.8, 4) is 0 Å². The monoisotopic (exact) mass is 1940 g/mol. The summed E-state index contributed by atoms with van der Waals surface area (Å²) in [4.78, 5) is 4.26. The van der Waals surface area contributed by atoms with Crippen LogP contribution in [0, 0.1) is 0 Å². The Labute approximate surface area is 795 Å². The average molecular weight is 1940 g/mol. The Hall–Kier alpha value is -8.00. The molecule has 0 saturated heterocycles. The van der Waals surface area contributed by atoms with Gasteiger partial charge in [0.15, 0.2) is 0 Å². The van der Waals surface area contributed by atoms with Gasteiger partial charge in [0, 0.05) is 141 Å². The van der Waals surface area contributed by atoms with Crippen molar-refractivity contribution in [1.29, 1.82) is 0 Å². The molecule has 780 valence electrons. The number of aryl methyl sites for hydroxylation is 3. The van der Waals surface area contributed by atoms with Crippen molar-refractivity contribution in [2.45, 2.75) is 173 Å². The molecule has 0 fully saturated rings. The number of ether oxygens (including phenoxy) is 15. The summed E-state index contributed by atoms with van der Waals surface area (Å²) < 4.78 is 94.7. The molecule has 0 aliphatic rings. The standard InChI is InChI=1S/C21H36N10O4.C16H29N7O4.C14H28N4O3.C13H26N4O3.C12H24N4O3.3C2H6O2.CH4/c1-3-29-16-19(22-25-29)13-28(14-20-17-30(4-2)26-23-20)15-21-18-31(27-24-21)5-7-33-9-11-35-12-10-34-8-6-32;1-2-22-13-15(18-20-22)11-17-12-16-14-23(21-19-16)3-5-25-7-9-27-10-8-26-6-4-24;1-4-6-19-8-10-21-11-9-20-7-5-18-13-14(15-16-18)12-17(2)3;1-3-5-18-7-9-20-10-8-19-6-4-17-12-13(11-14-2)15-16-17;1-2-4-17-6-8-19-9-7-18-5-3-16-11-12(10-13)14-15-16;3*3-1-2-4;/h16-18,32H,3-15H2,1-2H3;13-14,17,24H,2-12H2,1H3;13H,4-12H2,1-3H3;12,14H,3-11H2,1-2H3;11H,2-10,13H2,1H3;3*3-4H,1-2H2;1H4. The van der Waals surface area contributed by atoms with Crippen LogP contribution in [0.4, 0.5) is 0 Å². The fourth-order valence-corrected chi connectivity index (χ4v) is 10.1. The fourth-order valence-electron chi connectivity index (χ4n) is 10.1. The lowest BCUT2D eigenvalue weighted by Gasteiger charge is -2.18. The van der Waals surface area contributed by atoms with Crippen LogP contribution in [0.2, 0.25) is 0 Å². The molecule has 0 atom stereocenters. The highest BCUT2D eigenvalue weighted by Gasteiger charge is 2.16. The zero-order chi connectivity index (χ0) is 97.7. The maximum absolute atomic E-state index is 8.63. The second-order valence-corrected chi connectivity index (χ2v) is 28.3. The van der Waals surface area contributed by atoms with Crippen LogP contribution in [-0.4, -0.2) is 443 Å². The zero-order valence-electron chi connectivity index (χ0n) is 80.8. The number of hydrogen-bond acceptors (Lipinski definition) is 44. The number of hydrogen-bond donors (Lipinski definition) is 11. The first-order valence-corrected chi connectivity index (χ1v) is 45.8. The van der Waals surface area contributed by atoms with Gasteiger partial charge in [0.05, 0.1) is 310 Å². The van der Waals surface area contributed by atoms with Crippen LogP contribution >= 0.6 is 0 Å². The Bertz CT molecular complexity index is 3670. The molecule has 8 aromatic rings. The highest BCUT2D eigenvalue weighted by Crippen LogP contribution is 2.12. The van der Waals surface area contributed by atoms with E-state index in [0.29, 0.717) is 250 Å². The summed E-state index contributed by atoms with van der Waals surface area (Å²) in [5.74, 6) is 0. The van der Waals surface area contributed by atoms with E-state index in [1.807, 2.05) is 101 Å². The zero-order valence-corrected chi connectivity index (χ0v) is 80.8. The highest BCUT2D eigenvalue weighted by atomic mass is 16.6.